The molecule has 2 atom stereocenters. The van der Waals surface area contributed by atoms with Gasteiger partial charge in [0.1, 0.15) is 5.69 Å². The lowest BCUT2D eigenvalue weighted by Gasteiger charge is -2.42. The highest BCUT2D eigenvalue weighted by atomic mass is 16.3. The number of carbonyl (C=O) groups is 1. The number of piperidine rings is 1. The fourth-order valence-corrected chi connectivity index (χ4v) is 5.03. The van der Waals surface area contributed by atoms with Crippen LogP contribution in [0.5, 0.6) is 0 Å². The molecule has 1 spiro atoms. The van der Waals surface area contributed by atoms with Crippen LogP contribution in [0.25, 0.3) is 10.8 Å². The van der Waals surface area contributed by atoms with Crippen molar-refractivity contribution < 1.29 is 9.90 Å². The summed E-state index contributed by atoms with van der Waals surface area (Å²) >= 11 is 0. The van der Waals surface area contributed by atoms with Gasteiger partial charge in [-0.2, -0.15) is 0 Å². The number of hydrogen-bond donors (Lipinski definition) is 2. The smallest absolute Gasteiger partial charge is 0.273 e. The molecule has 0 unspecified atom stereocenters. The number of nitrogens with zero attached hydrogens (tertiary/aromatic N) is 2. The van der Waals surface area contributed by atoms with E-state index in [2.05, 4.69) is 11.1 Å². The van der Waals surface area contributed by atoms with Crippen molar-refractivity contribution in [2.45, 2.75) is 30.4 Å². The van der Waals surface area contributed by atoms with Crippen LogP contribution < -0.4 is 5.73 Å². The molecule has 5 rings (SSSR count). The number of carbonyl (C=O) groups excluding carboxylic acids is 1. The molecule has 3 aromatic rings. The first-order valence-corrected chi connectivity index (χ1v) is 9.78. The number of likely N-dealkylation sites (tertiary alicyclic amines) is 1. The monoisotopic (exact) mass is 373 g/mol. The molecule has 5 nitrogen and oxygen atoms in total. The number of amides is 1. The molecule has 0 bridgehead atoms. The minimum Gasteiger partial charge on any atom is -0.390 e. The number of hydrogen-bond acceptors (Lipinski definition) is 4. The van der Waals surface area contributed by atoms with Crippen LogP contribution in [0.4, 0.5) is 0 Å². The van der Waals surface area contributed by atoms with Crippen LogP contribution in [0.15, 0.2) is 60.8 Å². The average Bonchev–Trinajstić information content (AvgIpc) is 2.96. The summed E-state index contributed by atoms with van der Waals surface area (Å²) in [6, 6.07) is 17.4. The quantitative estimate of drug-likeness (QED) is 0.687. The number of aliphatic hydroxyl groups excluding tert-OH is 1. The maximum atomic E-state index is 13.2. The summed E-state index contributed by atoms with van der Waals surface area (Å²) in [4.78, 5) is 19.4. The maximum absolute atomic E-state index is 13.2. The van der Waals surface area contributed by atoms with Gasteiger partial charge in [0.05, 0.1) is 12.1 Å². The third-order valence-electron chi connectivity index (χ3n) is 6.58. The number of rotatable bonds is 1. The number of fused-ring (bicyclic) bond motifs is 3. The zero-order valence-corrected chi connectivity index (χ0v) is 15.6. The van der Waals surface area contributed by atoms with Gasteiger partial charge in [0.2, 0.25) is 0 Å². The Hall–Kier alpha value is -2.76. The van der Waals surface area contributed by atoms with Gasteiger partial charge in [-0.3, -0.25) is 9.78 Å². The maximum Gasteiger partial charge on any atom is 0.273 e. The first kappa shape index (κ1) is 17.3. The second kappa shape index (κ2) is 6.40. The van der Waals surface area contributed by atoms with Crippen molar-refractivity contribution >= 4 is 16.7 Å². The Morgan fingerprint density at radius 2 is 1.79 bits per heavy atom. The predicted octanol–water partition coefficient (Wildman–Crippen LogP) is 2.78. The summed E-state index contributed by atoms with van der Waals surface area (Å²) < 4.78 is 0. The normalized spacial score (nSPS) is 23.1. The van der Waals surface area contributed by atoms with Gasteiger partial charge in [0, 0.05) is 30.1 Å². The van der Waals surface area contributed by atoms with E-state index >= 15 is 0 Å². The van der Waals surface area contributed by atoms with Crippen LogP contribution in [0.1, 0.15) is 40.5 Å². The van der Waals surface area contributed by atoms with Crippen molar-refractivity contribution in [3.63, 3.8) is 0 Å². The molecule has 28 heavy (non-hydrogen) atoms. The number of nitrogens with two attached hydrogens (primary N) is 1. The topological polar surface area (TPSA) is 79.5 Å². The molecule has 0 saturated carbocycles. The van der Waals surface area contributed by atoms with Crippen molar-refractivity contribution in [3.05, 3.63) is 77.6 Å². The predicted molar refractivity (Wildman–Crippen MR) is 108 cm³/mol. The average molecular weight is 373 g/mol. The molecule has 2 aromatic carbocycles. The van der Waals surface area contributed by atoms with Gasteiger partial charge in [0.15, 0.2) is 0 Å². The van der Waals surface area contributed by atoms with Gasteiger partial charge in [-0.25, -0.2) is 0 Å². The summed E-state index contributed by atoms with van der Waals surface area (Å²) in [6.45, 7) is 1.17. The Kier molecular flexibility index (Phi) is 3.96. The molecule has 1 fully saturated rings. The van der Waals surface area contributed by atoms with E-state index in [1.165, 1.54) is 0 Å². The summed E-state index contributed by atoms with van der Waals surface area (Å²) in [5, 5.41) is 12.8. The molecule has 2 aliphatic rings. The standard InChI is InChI=1S/C23H23N3O2/c24-19-17-7-3-4-8-18(17)23(21(19)27)10-13-26(14-11-23)22(28)20-16-6-2-1-5-15(16)9-12-25-20/h1-9,12,19,21,27H,10-11,13-14,24H2/t19-,21+/m1/s1. The molecule has 5 heteroatoms. The molecule has 1 saturated heterocycles. The summed E-state index contributed by atoms with van der Waals surface area (Å²) in [5.74, 6) is -0.0447. The van der Waals surface area contributed by atoms with Crippen LogP contribution >= 0.6 is 0 Å². The third-order valence-corrected chi connectivity index (χ3v) is 6.58. The van der Waals surface area contributed by atoms with Gasteiger partial charge in [-0.1, -0.05) is 48.5 Å². The summed E-state index contributed by atoms with van der Waals surface area (Å²) in [6.07, 6.45) is 2.49. The second-order valence-corrected chi connectivity index (χ2v) is 7.89. The van der Waals surface area contributed by atoms with Crippen LogP contribution in [0.2, 0.25) is 0 Å². The lowest BCUT2D eigenvalue weighted by atomic mass is 9.72. The van der Waals surface area contributed by atoms with Crippen molar-refractivity contribution in [2.24, 2.45) is 5.73 Å². The number of pyridine rings is 1. The van der Waals surface area contributed by atoms with Gasteiger partial charge >= 0.3 is 0 Å². The molecule has 0 radical (unpaired) electrons. The Morgan fingerprint density at radius 3 is 2.61 bits per heavy atom. The van der Waals surface area contributed by atoms with Crippen molar-refractivity contribution in [1.29, 1.82) is 0 Å². The van der Waals surface area contributed by atoms with E-state index in [1.807, 2.05) is 53.4 Å². The fourth-order valence-electron chi connectivity index (χ4n) is 5.03. The van der Waals surface area contributed by atoms with Crippen LogP contribution in [-0.2, 0) is 5.41 Å². The Labute approximate surface area is 163 Å². The molecule has 142 valence electrons. The van der Waals surface area contributed by atoms with E-state index in [-0.39, 0.29) is 17.4 Å². The van der Waals surface area contributed by atoms with Crippen molar-refractivity contribution in [1.82, 2.24) is 9.88 Å². The van der Waals surface area contributed by atoms with Gasteiger partial charge < -0.3 is 15.7 Å². The van der Waals surface area contributed by atoms with E-state index in [0.717, 1.165) is 21.9 Å². The first-order valence-electron chi connectivity index (χ1n) is 9.78. The van der Waals surface area contributed by atoms with E-state index in [1.54, 1.807) is 6.20 Å². The van der Waals surface area contributed by atoms with Crippen molar-refractivity contribution in [2.75, 3.05) is 13.1 Å². The van der Waals surface area contributed by atoms with Crippen LogP contribution in [0, 0.1) is 0 Å². The van der Waals surface area contributed by atoms with E-state index in [4.69, 9.17) is 5.73 Å². The molecular formula is C23H23N3O2. The zero-order chi connectivity index (χ0) is 19.3. The Morgan fingerprint density at radius 1 is 1.07 bits per heavy atom. The minimum atomic E-state index is -0.613. The fraction of sp³-hybridized carbons (Fsp3) is 0.304. The number of aliphatic hydroxyl groups is 1. The number of aromatic nitrogens is 1. The second-order valence-electron chi connectivity index (χ2n) is 7.89. The van der Waals surface area contributed by atoms with E-state index in [0.29, 0.717) is 31.6 Å². The number of benzene rings is 2. The third kappa shape index (κ3) is 2.40. The Bertz CT molecular complexity index is 1050. The largest absolute Gasteiger partial charge is 0.390 e. The molecule has 1 aliphatic heterocycles. The van der Waals surface area contributed by atoms with Crippen molar-refractivity contribution in [3.8, 4) is 0 Å². The summed E-state index contributed by atoms with van der Waals surface area (Å²) in [7, 11) is 0. The highest BCUT2D eigenvalue weighted by Gasteiger charge is 2.51. The van der Waals surface area contributed by atoms with E-state index in [9.17, 15) is 9.90 Å². The van der Waals surface area contributed by atoms with Crippen LogP contribution in [0.3, 0.4) is 0 Å². The van der Waals surface area contributed by atoms with Crippen LogP contribution in [-0.4, -0.2) is 40.1 Å². The lowest BCUT2D eigenvalue weighted by Crippen LogP contribution is -2.50. The summed E-state index contributed by atoms with van der Waals surface area (Å²) in [5.41, 5.74) is 8.62. The lowest BCUT2D eigenvalue weighted by molar-refractivity contribution is 0.0261. The minimum absolute atomic E-state index is 0.0447. The van der Waals surface area contributed by atoms with E-state index < -0.39 is 6.10 Å². The van der Waals surface area contributed by atoms with Gasteiger partial charge in [0.25, 0.3) is 5.91 Å². The molecule has 1 aliphatic carbocycles. The zero-order valence-electron chi connectivity index (χ0n) is 15.6. The molecule has 1 aromatic heterocycles. The van der Waals surface area contributed by atoms with Gasteiger partial charge in [-0.05, 0) is 35.4 Å². The highest BCUT2D eigenvalue weighted by molar-refractivity contribution is 6.05. The Balaban J connectivity index is 1.43. The highest BCUT2D eigenvalue weighted by Crippen LogP contribution is 2.50. The molecular weight excluding hydrogens is 350 g/mol. The molecule has 3 N–H and O–H groups in total. The SMILES string of the molecule is N[C@@H]1c2ccccc2C2(CCN(C(=O)c3nccc4ccccc34)CC2)[C@H]1O. The first-order chi connectivity index (χ1) is 13.6. The molecule has 2 heterocycles. The van der Waals surface area contributed by atoms with Gasteiger partial charge in [-0.15, -0.1) is 0 Å². The molecule has 1 amide bonds.